The van der Waals surface area contributed by atoms with Crippen LogP contribution in [-0.2, 0) is 4.79 Å². The zero-order valence-corrected chi connectivity index (χ0v) is 12.5. The zero-order valence-electron chi connectivity index (χ0n) is 12.5. The first-order chi connectivity index (χ1) is 10.8. The molecule has 3 aliphatic rings. The zero-order chi connectivity index (χ0) is 14.9. The Morgan fingerprint density at radius 1 is 1.18 bits per heavy atom. The normalized spacial score (nSPS) is 24.5. The number of allylic oxidation sites excluding steroid dienone is 1. The van der Waals surface area contributed by atoms with E-state index >= 15 is 0 Å². The van der Waals surface area contributed by atoms with E-state index in [4.69, 9.17) is 0 Å². The molecule has 5 nitrogen and oxygen atoms in total. The standard InChI is InChI=1S/C17H20N4O/c22-17(16-14-10-18-11-15(14)19-20-16)21-8-6-13(7-9-21)12-4-2-1-3-5-12/h1-5,11,13,16,19-20H,6-10H2. The lowest BCUT2D eigenvalue weighted by atomic mass is 9.89. The molecule has 4 rings (SSSR count). The van der Waals surface area contributed by atoms with Crippen molar-refractivity contribution in [2.24, 2.45) is 4.99 Å². The van der Waals surface area contributed by atoms with Gasteiger partial charge in [-0.05, 0) is 24.3 Å². The summed E-state index contributed by atoms with van der Waals surface area (Å²) in [7, 11) is 0. The lowest BCUT2D eigenvalue weighted by Gasteiger charge is -2.34. The second kappa shape index (κ2) is 5.57. The molecule has 22 heavy (non-hydrogen) atoms. The van der Waals surface area contributed by atoms with E-state index in [1.165, 1.54) is 5.56 Å². The van der Waals surface area contributed by atoms with E-state index in [1.54, 1.807) is 6.21 Å². The van der Waals surface area contributed by atoms with Crippen molar-refractivity contribution in [2.75, 3.05) is 19.6 Å². The highest BCUT2D eigenvalue weighted by molar-refractivity contribution is 5.92. The minimum Gasteiger partial charge on any atom is -0.341 e. The Balaban J connectivity index is 1.39. The summed E-state index contributed by atoms with van der Waals surface area (Å²) >= 11 is 0. The molecular formula is C17H20N4O. The van der Waals surface area contributed by atoms with Crippen molar-refractivity contribution >= 4 is 12.1 Å². The number of nitrogens with zero attached hydrogens (tertiary/aromatic N) is 2. The molecule has 3 aliphatic heterocycles. The fourth-order valence-electron chi connectivity index (χ4n) is 3.55. The minimum absolute atomic E-state index is 0.175. The maximum atomic E-state index is 12.7. The average Bonchev–Trinajstić information content (AvgIpc) is 3.18. The molecule has 1 unspecified atom stereocenters. The smallest absolute Gasteiger partial charge is 0.245 e. The van der Waals surface area contributed by atoms with E-state index in [0.717, 1.165) is 37.2 Å². The third-order valence-electron chi connectivity index (χ3n) is 4.85. The molecule has 5 heteroatoms. The van der Waals surface area contributed by atoms with Gasteiger partial charge in [0.15, 0.2) is 0 Å². The van der Waals surface area contributed by atoms with Crippen molar-refractivity contribution in [3.05, 3.63) is 47.2 Å². The topological polar surface area (TPSA) is 56.7 Å². The monoisotopic (exact) mass is 296 g/mol. The number of nitrogens with one attached hydrogen (secondary N) is 2. The predicted octanol–water partition coefficient (Wildman–Crippen LogP) is 1.21. The predicted molar refractivity (Wildman–Crippen MR) is 85.4 cm³/mol. The van der Waals surface area contributed by atoms with Crippen LogP contribution < -0.4 is 10.9 Å². The average molecular weight is 296 g/mol. The Bertz CT molecular complexity index is 629. The van der Waals surface area contributed by atoms with E-state index < -0.39 is 0 Å². The second-order valence-corrected chi connectivity index (χ2v) is 6.12. The van der Waals surface area contributed by atoms with Crippen molar-refractivity contribution in [2.45, 2.75) is 24.8 Å². The van der Waals surface area contributed by atoms with Crippen LogP contribution in [0, 0.1) is 0 Å². The van der Waals surface area contributed by atoms with Crippen LogP contribution in [-0.4, -0.2) is 42.7 Å². The summed E-state index contributed by atoms with van der Waals surface area (Å²) in [5, 5.41) is 0. The first kappa shape index (κ1) is 13.5. The summed E-state index contributed by atoms with van der Waals surface area (Å²) in [6.07, 6.45) is 3.88. The van der Waals surface area contributed by atoms with Crippen molar-refractivity contribution < 1.29 is 4.79 Å². The molecule has 0 spiro atoms. The summed E-state index contributed by atoms with van der Waals surface area (Å²) in [6, 6.07) is 10.4. The molecule has 1 aromatic carbocycles. The summed E-state index contributed by atoms with van der Waals surface area (Å²) < 4.78 is 0. The fourth-order valence-corrected chi connectivity index (χ4v) is 3.55. The van der Waals surface area contributed by atoms with Gasteiger partial charge < -0.3 is 10.3 Å². The Labute approximate surface area is 130 Å². The number of hydrogen-bond donors (Lipinski definition) is 2. The van der Waals surface area contributed by atoms with Gasteiger partial charge in [0.2, 0.25) is 5.91 Å². The Morgan fingerprint density at radius 3 is 2.73 bits per heavy atom. The molecular weight excluding hydrogens is 276 g/mol. The number of hydrazine groups is 1. The number of benzene rings is 1. The molecule has 0 saturated carbocycles. The number of amides is 1. The lowest BCUT2D eigenvalue weighted by molar-refractivity contribution is -0.133. The number of hydrogen-bond acceptors (Lipinski definition) is 4. The van der Waals surface area contributed by atoms with E-state index in [-0.39, 0.29) is 11.9 Å². The largest absolute Gasteiger partial charge is 0.341 e. The number of carbonyl (C=O) groups is 1. The van der Waals surface area contributed by atoms with Crippen LogP contribution in [0.1, 0.15) is 24.3 Å². The molecule has 1 saturated heterocycles. The third-order valence-corrected chi connectivity index (χ3v) is 4.85. The number of aliphatic imine (C=N–C) groups is 1. The van der Waals surface area contributed by atoms with Gasteiger partial charge in [0.05, 0.1) is 12.2 Å². The highest BCUT2D eigenvalue weighted by Crippen LogP contribution is 2.29. The summed E-state index contributed by atoms with van der Waals surface area (Å²) in [5.74, 6) is 0.749. The molecule has 2 N–H and O–H groups in total. The van der Waals surface area contributed by atoms with Crippen LogP contribution in [0.2, 0.25) is 0 Å². The molecule has 1 aromatic rings. The highest BCUT2D eigenvalue weighted by atomic mass is 16.2. The van der Waals surface area contributed by atoms with Crippen LogP contribution in [0.15, 0.2) is 46.6 Å². The number of carbonyl (C=O) groups excluding carboxylic acids is 1. The van der Waals surface area contributed by atoms with Gasteiger partial charge in [-0.1, -0.05) is 30.3 Å². The molecule has 0 aromatic heterocycles. The van der Waals surface area contributed by atoms with Gasteiger partial charge in [0.25, 0.3) is 0 Å². The second-order valence-electron chi connectivity index (χ2n) is 6.12. The molecule has 1 amide bonds. The Hall–Kier alpha value is -2.14. The highest BCUT2D eigenvalue weighted by Gasteiger charge is 2.36. The SMILES string of the molecule is O=C(C1NNC2=C1CN=C2)N1CCC(c2ccccc2)CC1. The van der Waals surface area contributed by atoms with Gasteiger partial charge in [-0.3, -0.25) is 9.79 Å². The quantitative estimate of drug-likeness (QED) is 0.862. The van der Waals surface area contributed by atoms with E-state index in [0.29, 0.717) is 12.5 Å². The Kier molecular flexibility index (Phi) is 3.42. The first-order valence-electron chi connectivity index (χ1n) is 7.91. The fraction of sp³-hybridized carbons (Fsp3) is 0.412. The molecule has 0 aliphatic carbocycles. The van der Waals surface area contributed by atoms with Crippen molar-refractivity contribution in [1.29, 1.82) is 0 Å². The molecule has 0 bridgehead atoms. The van der Waals surface area contributed by atoms with Gasteiger partial charge in [0.1, 0.15) is 6.04 Å². The maximum Gasteiger partial charge on any atom is 0.245 e. The summed E-state index contributed by atoms with van der Waals surface area (Å²) in [6.45, 7) is 2.30. The molecule has 1 atom stereocenters. The van der Waals surface area contributed by atoms with Gasteiger partial charge in [-0.2, -0.15) is 0 Å². The molecule has 114 valence electrons. The summed E-state index contributed by atoms with van der Waals surface area (Å²) in [5.41, 5.74) is 9.59. The van der Waals surface area contributed by atoms with Crippen LogP contribution in [0.5, 0.6) is 0 Å². The van der Waals surface area contributed by atoms with Crippen LogP contribution >= 0.6 is 0 Å². The van der Waals surface area contributed by atoms with Crippen LogP contribution in [0.4, 0.5) is 0 Å². The minimum atomic E-state index is -0.245. The van der Waals surface area contributed by atoms with Crippen LogP contribution in [0.3, 0.4) is 0 Å². The van der Waals surface area contributed by atoms with E-state index in [2.05, 4.69) is 46.2 Å². The third kappa shape index (κ3) is 2.31. The van der Waals surface area contributed by atoms with E-state index in [1.807, 2.05) is 4.90 Å². The number of piperidine rings is 1. The first-order valence-corrected chi connectivity index (χ1v) is 7.91. The van der Waals surface area contributed by atoms with Gasteiger partial charge in [0, 0.05) is 24.9 Å². The molecule has 3 heterocycles. The summed E-state index contributed by atoms with van der Waals surface area (Å²) in [4.78, 5) is 18.9. The molecule has 0 radical (unpaired) electrons. The van der Waals surface area contributed by atoms with E-state index in [9.17, 15) is 4.79 Å². The van der Waals surface area contributed by atoms with Crippen molar-refractivity contribution in [1.82, 2.24) is 15.8 Å². The van der Waals surface area contributed by atoms with Gasteiger partial charge in [-0.25, -0.2) is 5.43 Å². The number of likely N-dealkylation sites (tertiary alicyclic amines) is 1. The lowest BCUT2D eigenvalue weighted by Crippen LogP contribution is -2.50. The van der Waals surface area contributed by atoms with Gasteiger partial charge in [-0.15, -0.1) is 0 Å². The number of rotatable bonds is 2. The van der Waals surface area contributed by atoms with Gasteiger partial charge >= 0.3 is 0 Å². The maximum absolute atomic E-state index is 12.7. The molecule has 1 fully saturated rings. The van der Waals surface area contributed by atoms with Crippen molar-refractivity contribution in [3.63, 3.8) is 0 Å². The van der Waals surface area contributed by atoms with Crippen molar-refractivity contribution in [3.8, 4) is 0 Å². The Morgan fingerprint density at radius 2 is 1.95 bits per heavy atom. The van der Waals surface area contributed by atoms with Crippen LogP contribution in [0.25, 0.3) is 0 Å².